The van der Waals surface area contributed by atoms with Gasteiger partial charge in [-0.15, -0.1) is 0 Å². The van der Waals surface area contributed by atoms with E-state index < -0.39 is 11.9 Å². The number of hydrogen-bond acceptors (Lipinski definition) is 3. The van der Waals surface area contributed by atoms with Crippen molar-refractivity contribution in [2.45, 2.75) is 65.7 Å². The molecule has 1 aliphatic rings. The first kappa shape index (κ1) is 17.0. The Balaban J connectivity index is 2.68. The number of aliphatic carboxylic acids is 1. The molecule has 0 aromatic rings. The van der Waals surface area contributed by atoms with E-state index in [1.807, 2.05) is 20.8 Å². The molecule has 0 saturated carbocycles. The molecule has 0 radical (unpaired) electrons. The summed E-state index contributed by atoms with van der Waals surface area (Å²) in [6.45, 7) is 11.7. The first-order chi connectivity index (χ1) is 9.05. The number of amides is 1. The van der Waals surface area contributed by atoms with E-state index in [0.717, 1.165) is 6.42 Å². The number of ether oxygens (including phenoxy) is 1. The molecule has 2 N–H and O–H groups in total. The Kier molecular flexibility index (Phi) is 5.19. The fourth-order valence-electron chi connectivity index (χ4n) is 3.12. The lowest BCUT2D eigenvalue weighted by Crippen LogP contribution is -2.66. The number of carboxylic acid groups (broad SMARTS) is 1. The van der Waals surface area contributed by atoms with Crippen LogP contribution < -0.4 is 5.32 Å². The summed E-state index contributed by atoms with van der Waals surface area (Å²) in [6.07, 6.45) is 0.606. The summed E-state index contributed by atoms with van der Waals surface area (Å²) in [5.41, 5.74) is -0.319. The molecule has 4 atom stereocenters. The van der Waals surface area contributed by atoms with Crippen LogP contribution in [0.15, 0.2) is 0 Å². The second kappa shape index (κ2) is 6.12. The number of carbonyl (C=O) groups excluding carboxylic acids is 1. The monoisotopic (exact) mass is 285 g/mol. The van der Waals surface area contributed by atoms with E-state index in [4.69, 9.17) is 9.84 Å². The molecule has 1 amide bonds. The molecule has 0 aromatic heterocycles. The molecule has 5 nitrogen and oxygen atoms in total. The molecule has 5 heteroatoms. The fourth-order valence-corrected chi connectivity index (χ4v) is 3.12. The molecule has 1 aliphatic heterocycles. The molecular formula is C15H27NO4. The predicted octanol–water partition coefficient (Wildman–Crippen LogP) is 2.05. The van der Waals surface area contributed by atoms with Gasteiger partial charge in [0.1, 0.15) is 0 Å². The van der Waals surface area contributed by atoms with Crippen LogP contribution in [0.4, 0.5) is 0 Å². The minimum atomic E-state index is -0.895. The number of rotatable bonds is 7. The van der Waals surface area contributed by atoms with Gasteiger partial charge in [0, 0.05) is 0 Å². The van der Waals surface area contributed by atoms with E-state index in [1.165, 1.54) is 0 Å². The highest BCUT2D eigenvalue weighted by atomic mass is 16.5. The van der Waals surface area contributed by atoms with Crippen molar-refractivity contribution < 1.29 is 19.4 Å². The number of carbonyl (C=O) groups is 2. The van der Waals surface area contributed by atoms with E-state index in [1.54, 1.807) is 6.92 Å². The molecule has 0 bridgehead atoms. The fraction of sp³-hybridized carbons (Fsp3) is 0.867. The smallest absolute Gasteiger partial charge is 0.308 e. The third-order valence-electron chi connectivity index (χ3n) is 3.84. The second-order valence-electron chi connectivity index (χ2n) is 6.87. The zero-order chi connectivity index (χ0) is 15.7. The topological polar surface area (TPSA) is 75.6 Å². The highest BCUT2D eigenvalue weighted by Crippen LogP contribution is 2.31. The van der Waals surface area contributed by atoms with E-state index >= 15 is 0 Å². The lowest BCUT2D eigenvalue weighted by atomic mass is 9.78. The van der Waals surface area contributed by atoms with Gasteiger partial charge in [0.05, 0.1) is 29.6 Å². The summed E-state index contributed by atoms with van der Waals surface area (Å²) < 4.78 is 6.03. The third-order valence-corrected chi connectivity index (χ3v) is 3.84. The van der Waals surface area contributed by atoms with Crippen molar-refractivity contribution in [2.75, 3.05) is 0 Å². The van der Waals surface area contributed by atoms with Crippen molar-refractivity contribution in [1.29, 1.82) is 0 Å². The molecule has 1 saturated heterocycles. The molecule has 1 rings (SSSR count). The Morgan fingerprint density at radius 3 is 2.30 bits per heavy atom. The van der Waals surface area contributed by atoms with Gasteiger partial charge in [-0.3, -0.25) is 9.59 Å². The Bertz CT molecular complexity index is 378. The van der Waals surface area contributed by atoms with E-state index in [2.05, 4.69) is 19.2 Å². The molecule has 116 valence electrons. The first-order valence-corrected chi connectivity index (χ1v) is 7.26. The molecule has 4 unspecified atom stereocenters. The summed E-state index contributed by atoms with van der Waals surface area (Å²) in [5.74, 6) is -1.49. The summed E-state index contributed by atoms with van der Waals surface area (Å²) in [4.78, 5) is 22.8. The summed E-state index contributed by atoms with van der Waals surface area (Å²) >= 11 is 0. The van der Waals surface area contributed by atoms with Crippen molar-refractivity contribution in [2.24, 2.45) is 17.8 Å². The maximum absolute atomic E-state index is 11.7. The van der Waals surface area contributed by atoms with Crippen LogP contribution in [-0.4, -0.2) is 34.7 Å². The van der Waals surface area contributed by atoms with E-state index in [9.17, 15) is 9.59 Å². The van der Waals surface area contributed by atoms with E-state index in [-0.39, 0.29) is 29.6 Å². The molecule has 1 fully saturated rings. The van der Waals surface area contributed by atoms with Crippen molar-refractivity contribution in [3.8, 4) is 0 Å². The molecular weight excluding hydrogens is 258 g/mol. The Labute approximate surface area is 121 Å². The number of hydrogen-bond donors (Lipinski definition) is 2. The third kappa shape index (κ3) is 3.95. The van der Waals surface area contributed by atoms with Crippen LogP contribution in [0.5, 0.6) is 0 Å². The van der Waals surface area contributed by atoms with Crippen LogP contribution in [-0.2, 0) is 14.3 Å². The number of carboxylic acids is 1. The quantitative estimate of drug-likeness (QED) is 0.702. The van der Waals surface area contributed by atoms with Crippen molar-refractivity contribution in [1.82, 2.24) is 5.32 Å². The van der Waals surface area contributed by atoms with Crippen LogP contribution in [0.1, 0.15) is 48.0 Å². The van der Waals surface area contributed by atoms with Crippen LogP contribution in [0.25, 0.3) is 0 Å². The highest BCUT2D eigenvalue weighted by molar-refractivity contribution is 5.88. The lowest BCUT2D eigenvalue weighted by Gasteiger charge is -2.44. The average Bonchev–Trinajstić information content (AvgIpc) is 2.21. The summed E-state index contributed by atoms with van der Waals surface area (Å²) in [6, 6.07) is -0.343. The van der Waals surface area contributed by atoms with Crippen LogP contribution in [0, 0.1) is 17.8 Å². The van der Waals surface area contributed by atoms with Gasteiger partial charge < -0.3 is 15.2 Å². The minimum absolute atomic E-state index is 0.115. The van der Waals surface area contributed by atoms with Gasteiger partial charge >= 0.3 is 5.97 Å². The van der Waals surface area contributed by atoms with Gasteiger partial charge in [-0.1, -0.05) is 13.8 Å². The SMILES string of the molecule is CC(C)CC(C)(C)OC(C)C1C(=O)NC1C(C)C(=O)O. The van der Waals surface area contributed by atoms with Crippen LogP contribution >= 0.6 is 0 Å². The Hall–Kier alpha value is -1.10. The Morgan fingerprint density at radius 2 is 1.90 bits per heavy atom. The van der Waals surface area contributed by atoms with Gasteiger partial charge in [0.25, 0.3) is 0 Å². The van der Waals surface area contributed by atoms with Crippen molar-refractivity contribution >= 4 is 11.9 Å². The first-order valence-electron chi connectivity index (χ1n) is 7.26. The highest BCUT2D eigenvalue weighted by Gasteiger charge is 2.49. The normalized spacial score (nSPS) is 25.9. The van der Waals surface area contributed by atoms with Gasteiger partial charge in [0.15, 0.2) is 0 Å². The van der Waals surface area contributed by atoms with Crippen molar-refractivity contribution in [3.63, 3.8) is 0 Å². The molecule has 0 aliphatic carbocycles. The van der Waals surface area contributed by atoms with Gasteiger partial charge in [0.2, 0.25) is 5.91 Å². The van der Waals surface area contributed by atoms with Gasteiger partial charge in [-0.2, -0.15) is 0 Å². The average molecular weight is 285 g/mol. The predicted molar refractivity (Wildman–Crippen MR) is 76.3 cm³/mol. The van der Waals surface area contributed by atoms with Crippen molar-refractivity contribution in [3.05, 3.63) is 0 Å². The standard InChI is InChI=1S/C15H27NO4/c1-8(2)7-15(5,6)20-10(4)11-12(16-13(11)17)9(3)14(18)19/h8-12H,7H2,1-6H3,(H,16,17)(H,18,19). The summed E-state index contributed by atoms with van der Waals surface area (Å²) in [5, 5.41) is 11.7. The zero-order valence-electron chi connectivity index (χ0n) is 13.3. The molecule has 0 spiro atoms. The molecule has 1 heterocycles. The van der Waals surface area contributed by atoms with Crippen LogP contribution in [0.2, 0.25) is 0 Å². The lowest BCUT2D eigenvalue weighted by molar-refractivity contribution is -0.161. The second-order valence-corrected chi connectivity index (χ2v) is 6.87. The number of nitrogens with one attached hydrogen (secondary N) is 1. The van der Waals surface area contributed by atoms with Gasteiger partial charge in [-0.05, 0) is 40.0 Å². The maximum atomic E-state index is 11.7. The Morgan fingerprint density at radius 1 is 1.35 bits per heavy atom. The molecule has 20 heavy (non-hydrogen) atoms. The maximum Gasteiger partial charge on any atom is 0.308 e. The largest absolute Gasteiger partial charge is 0.481 e. The minimum Gasteiger partial charge on any atom is -0.481 e. The molecule has 0 aromatic carbocycles. The zero-order valence-corrected chi connectivity index (χ0v) is 13.3. The number of β-lactam (4-membered cyclic amide) rings is 1. The van der Waals surface area contributed by atoms with Crippen LogP contribution in [0.3, 0.4) is 0 Å². The van der Waals surface area contributed by atoms with Gasteiger partial charge in [-0.25, -0.2) is 0 Å². The summed E-state index contributed by atoms with van der Waals surface area (Å²) in [7, 11) is 0. The van der Waals surface area contributed by atoms with E-state index in [0.29, 0.717) is 5.92 Å².